The molecule has 0 aliphatic carbocycles. The molecule has 19 heavy (non-hydrogen) atoms. The first-order valence-corrected chi connectivity index (χ1v) is 7.21. The standard InChI is InChI=1S/C14H26N2O3/c1-5-9-19-10-8-16-11(6-2)12(17)15-14(4,7-3)13(16)18/h11H,5-10H2,1-4H3,(H,15,17). The van der Waals surface area contributed by atoms with Crippen LogP contribution in [-0.4, -0.2) is 48.1 Å². The Morgan fingerprint density at radius 2 is 1.95 bits per heavy atom. The van der Waals surface area contributed by atoms with Crippen molar-refractivity contribution in [1.29, 1.82) is 0 Å². The van der Waals surface area contributed by atoms with Gasteiger partial charge in [0.2, 0.25) is 11.8 Å². The average Bonchev–Trinajstić information content (AvgIpc) is 2.40. The summed E-state index contributed by atoms with van der Waals surface area (Å²) in [6, 6.07) is -0.364. The molecule has 2 amide bonds. The summed E-state index contributed by atoms with van der Waals surface area (Å²) in [5, 5.41) is 2.85. The van der Waals surface area contributed by atoms with Crippen LogP contribution in [0.3, 0.4) is 0 Å². The number of amides is 2. The lowest BCUT2D eigenvalue weighted by molar-refractivity contribution is -0.155. The van der Waals surface area contributed by atoms with E-state index in [2.05, 4.69) is 5.32 Å². The number of carbonyl (C=O) groups is 2. The van der Waals surface area contributed by atoms with Gasteiger partial charge in [-0.25, -0.2) is 0 Å². The minimum absolute atomic E-state index is 0.00143. The summed E-state index contributed by atoms with van der Waals surface area (Å²) in [6.07, 6.45) is 2.18. The monoisotopic (exact) mass is 270 g/mol. The third-order valence-corrected chi connectivity index (χ3v) is 3.73. The number of hydrogen-bond acceptors (Lipinski definition) is 3. The molecule has 110 valence electrons. The van der Waals surface area contributed by atoms with Crippen LogP contribution in [0.1, 0.15) is 47.0 Å². The average molecular weight is 270 g/mol. The Balaban J connectivity index is 2.75. The molecule has 2 unspecified atom stereocenters. The van der Waals surface area contributed by atoms with Crippen molar-refractivity contribution in [2.75, 3.05) is 19.8 Å². The molecule has 0 radical (unpaired) electrons. The van der Waals surface area contributed by atoms with Crippen molar-refractivity contribution in [2.45, 2.75) is 58.5 Å². The summed E-state index contributed by atoms with van der Waals surface area (Å²) in [7, 11) is 0. The van der Waals surface area contributed by atoms with E-state index in [0.717, 1.165) is 6.42 Å². The zero-order valence-electron chi connectivity index (χ0n) is 12.5. The van der Waals surface area contributed by atoms with E-state index < -0.39 is 5.54 Å². The number of ether oxygens (including phenoxy) is 1. The maximum atomic E-state index is 12.5. The smallest absolute Gasteiger partial charge is 0.248 e. The number of carbonyl (C=O) groups excluding carboxylic acids is 2. The minimum Gasteiger partial charge on any atom is -0.380 e. The Morgan fingerprint density at radius 1 is 1.26 bits per heavy atom. The summed E-state index contributed by atoms with van der Waals surface area (Å²) < 4.78 is 5.44. The second-order valence-corrected chi connectivity index (χ2v) is 5.21. The molecule has 0 bridgehead atoms. The highest BCUT2D eigenvalue weighted by atomic mass is 16.5. The fourth-order valence-electron chi connectivity index (χ4n) is 2.32. The lowest BCUT2D eigenvalue weighted by atomic mass is 9.91. The van der Waals surface area contributed by atoms with Crippen LogP contribution in [0.2, 0.25) is 0 Å². The van der Waals surface area contributed by atoms with Crippen molar-refractivity contribution >= 4 is 11.8 Å². The van der Waals surface area contributed by atoms with Crippen molar-refractivity contribution in [2.24, 2.45) is 0 Å². The first-order chi connectivity index (χ1) is 9.00. The predicted octanol–water partition coefficient (Wildman–Crippen LogP) is 1.32. The zero-order chi connectivity index (χ0) is 14.5. The summed E-state index contributed by atoms with van der Waals surface area (Å²) in [4.78, 5) is 26.3. The third-order valence-electron chi connectivity index (χ3n) is 3.73. The molecule has 5 heteroatoms. The number of nitrogens with one attached hydrogen (secondary N) is 1. The highest BCUT2D eigenvalue weighted by Crippen LogP contribution is 2.22. The lowest BCUT2D eigenvalue weighted by Crippen LogP contribution is -2.69. The van der Waals surface area contributed by atoms with Crippen molar-refractivity contribution in [1.82, 2.24) is 10.2 Å². The topological polar surface area (TPSA) is 58.6 Å². The van der Waals surface area contributed by atoms with Gasteiger partial charge in [-0.1, -0.05) is 20.8 Å². The summed E-state index contributed by atoms with van der Waals surface area (Å²) in [5.41, 5.74) is -0.770. The number of nitrogens with zero attached hydrogens (tertiary/aromatic N) is 1. The Morgan fingerprint density at radius 3 is 2.47 bits per heavy atom. The number of rotatable bonds is 7. The van der Waals surface area contributed by atoms with Crippen molar-refractivity contribution in [3.8, 4) is 0 Å². The Bertz CT molecular complexity index is 333. The van der Waals surface area contributed by atoms with Gasteiger partial charge in [-0.2, -0.15) is 0 Å². The van der Waals surface area contributed by atoms with Gasteiger partial charge < -0.3 is 15.0 Å². The SMILES string of the molecule is CCCOCCN1C(=O)C(C)(CC)NC(=O)C1CC. The fraction of sp³-hybridized carbons (Fsp3) is 0.857. The van der Waals surface area contributed by atoms with Gasteiger partial charge >= 0.3 is 0 Å². The van der Waals surface area contributed by atoms with Crippen LogP contribution < -0.4 is 5.32 Å². The van der Waals surface area contributed by atoms with E-state index in [9.17, 15) is 9.59 Å². The lowest BCUT2D eigenvalue weighted by Gasteiger charge is -2.43. The summed E-state index contributed by atoms with van der Waals surface area (Å²) in [5.74, 6) is -0.0523. The van der Waals surface area contributed by atoms with Crippen LogP contribution in [0.4, 0.5) is 0 Å². The molecule has 5 nitrogen and oxygen atoms in total. The van der Waals surface area contributed by atoms with E-state index in [1.807, 2.05) is 20.8 Å². The summed E-state index contributed by atoms with van der Waals surface area (Å²) in [6.45, 7) is 9.34. The molecule has 0 aromatic rings. The van der Waals surface area contributed by atoms with Gasteiger partial charge in [0.15, 0.2) is 0 Å². The molecule has 1 saturated heterocycles. The highest BCUT2D eigenvalue weighted by Gasteiger charge is 2.45. The van der Waals surface area contributed by atoms with E-state index in [1.165, 1.54) is 0 Å². The maximum absolute atomic E-state index is 12.5. The summed E-state index contributed by atoms with van der Waals surface area (Å²) >= 11 is 0. The Hall–Kier alpha value is -1.10. The van der Waals surface area contributed by atoms with E-state index >= 15 is 0 Å². The minimum atomic E-state index is -0.770. The fourth-order valence-corrected chi connectivity index (χ4v) is 2.32. The predicted molar refractivity (Wildman–Crippen MR) is 73.7 cm³/mol. The Kier molecular flexibility index (Phi) is 5.79. The van der Waals surface area contributed by atoms with Crippen molar-refractivity contribution in [3.05, 3.63) is 0 Å². The molecule has 1 rings (SSSR count). The van der Waals surface area contributed by atoms with E-state index in [1.54, 1.807) is 11.8 Å². The largest absolute Gasteiger partial charge is 0.380 e. The van der Waals surface area contributed by atoms with Crippen LogP contribution in [0.15, 0.2) is 0 Å². The van der Waals surface area contributed by atoms with Crippen LogP contribution in [-0.2, 0) is 14.3 Å². The van der Waals surface area contributed by atoms with Gasteiger partial charge in [-0.3, -0.25) is 9.59 Å². The van der Waals surface area contributed by atoms with Crippen molar-refractivity contribution in [3.63, 3.8) is 0 Å². The van der Waals surface area contributed by atoms with E-state index in [4.69, 9.17) is 4.74 Å². The molecular weight excluding hydrogens is 244 g/mol. The molecular formula is C14H26N2O3. The zero-order valence-corrected chi connectivity index (χ0v) is 12.5. The van der Waals surface area contributed by atoms with Crippen molar-refractivity contribution < 1.29 is 14.3 Å². The third kappa shape index (κ3) is 3.47. The van der Waals surface area contributed by atoms with Gasteiger partial charge in [0.25, 0.3) is 0 Å². The first kappa shape index (κ1) is 16.0. The van der Waals surface area contributed by atoms with Gasteiger partial charge in [-0.05, 0) is 26.2 Å². The molecule has 2 atom stereocenters. The van der Waals surface area contributed by atoms with Crippen LogP contribution in [0.25, 0.3) is 0 Å². The van der Waals surface area contributed by atoms with E-state index in [-0.39, 0.29) is 17.9 Å². The maximum Gasteiger partial charge on any atom is 0.248 e. The molecule has 0 saturated carbocycles. The van der Waals surface area contributed by atoms with Gasteiger partial charge in [-0.15, -0.1) is 0 Å². The first-order valence-electron chi connectivity index (χ1n) is 7.21. The van der Waals surface area contributed by atoms with Crippen LogP contribution in [0.5, 0.6) is 0 Å². The number of piperazine rings is 1. The second-order valence-electron chi connectivity index (χ2n) is 5.21. The Labute approximate surface area is 115 Å². The van der Waals surface area contributed by atoms with Gasteiger partial charge in [0, 0.05) is 13.2 Å². The quantitative estimate of drug-likeness (QED) is 0.710. The molecule has 0 spiro atoms. The number of hydrogen-bond donors (Lipinski definition) is 1. The van der Waals surface area contributed by atoms with Gasteiger partial charge in [0.05, 0.1) is 6.61 Å². The van der Waals surface area contributed by atoms with Crippen LogP contribution >= 0.6 is 0 Å². The van der Waals surface area contributed by atoms with Crippen LogP contribution in [0, 0.1) is 0 Å². The molecule has 0 aromatic heterocycles. The molecule has 1 N–H and O–H groups in total. The molecule has 1 fully saturated rings. The van der Waals surface area contributed by atoms with E-state index in [0.29, 0.717) is 32.6 Å². The van der Waals surface area contributed by atoms with Gasteiger partial charge in [0.1, 0.15) is 11.6 Å². The highest BCUT2D eigenvalue weighted by molar-refractivity contribution is 5.99. The molecule has 1 heterocycles. The molecule has 1 aliphatic rings. The molecule has 1 aliphatic heterocycles. The molecule has 0 aromatic carbocycles. The normalized spacial score (nSPS) is 27.6. The second kappa shape index (κ2) is 6.89.